The summed E-state index contributed by atoms with van der Waals surface area (Å²) in [6, 6.07) is 0. The van der Waals surface area contributed by atoms with E-state index in [1.54, 1.807) is 0 Å². The van der Waals surface area contributed by atoms with Gasteiger partial charge in [-0.25, -0.2) is 0 Å². The number of carbonyl (C=O) groups excluding carboxylic acids is 1. The summed E-state index contributed by atoms with van der Waals surface area (Å²) in [6.07, 6.45) is 2.61. The average molecular weight is 214 g/mol. The molecule has 4 heteroatoms. The van der Waals surface area contributed by atoms with Gasteiger partial charge in [-0.1, -0.05) is 0 Å². The van der Waals surface area contributed by atoms with Crippen molar-refractivity contribution in [2.45, 2.75) is 31.8 Å². The summed E-state index contributed by atoms with van der Waals surface area (Å²) in [6.45, 7) is 4.29. The first-order valence-corrected chi connectivity index (χ1v) is 5.64. The summed E-state index contributed by atoms with van der Waals surface area (Å²) < 4.78 is 16.1. The number of ether oxygens (including phenoxy) is 3. The molecule has 0 amide bonds. The van der Waals surface area contributed by atoms with Gasteiger partial charge in [-0.3, -0.25) is 4.79 Å². The molecule has 0 radical (unpaired) electrons. The molecule has 2 aliphatic rings. The van der Waals surface area contributed by atoms with E-state index in [1.807, 2.05) is 6.92 Å². The predicted molar refractivity (Wildman–Crippen MR) is 53.5 cm³/mol. The van der Waals surface area contributed by atoms with Crippen molar-refractivity contribution in [2.75, 3.05) is 26.4 Å². The molecule has 0 N–H and O–H groups in total. The first kappa shape index (κ1) is 10.9. The zero-order valence-electron chi connectivity index (χ0n) is 9.16. The van der Waals surface area contributed by atoms with Gasteiger partial charge in [0.1, 0.15) is 0 Å². The van der Waals surface area contributed by atoms with Crippen molar-refractivity contribution < 1.29 is 19.0 Å². The molecule has 1 unspecified atom stereocenters. The first-order valence-electron chi connectivity index (χ1n) is 5.64. The molecule has 2 aliphatic heterocycles. The van der Waals surface area contributed by atoms with Crippen LogP contribution < -0.4 is 0 Å². The lowest BCUT2D eigenvalue weighted by Crippen LogP contribution is -2.35. The van der Waals surface area contributed by atoms with Crippen molar-refractivity contribution in [1.82, 2.24) is 0 Å². The Morgan fingerprint density at radius 1 is 1.47 bits per heavy atom. The molecule has 2 saturated heterocycles. The predicted octanol–water partition coefficient (Wildman–Crippen LogP) is 1.14. The monoisotopic (exact) mass is 214 g/mol. The standard InChI is InChI=1S/C11H18O4/c1-2-14-10(12)9-7-11(15-8-9)3-5-13-6-4-11/h9H,2-8H2,1H3. The Hall–Kier alpha value is -0.610. The molecule has 1 atom stereocenters. The first-order chi connectivity index (χ1) is 7.26. The van der Waals surface area contributed by atoms with Crippen LogP contribution in [0.3, 0.4) is 0 Å². The Kier molecular flexibility index (Phi) is 3.26. The van der Waals surface area contributed by atoms with Crippen LogP contribution in [0.5, 0.6) is 0 Å². The fraction of sp³-hybridized carbons (Fsp3) is 0.909. The van der Waals surface area contributed by atoms with Crippen LogP contribution in [0, 0.1) is 5.92 Å². The third kappa shape index (κ3) is 2.32. The molecule has 0 aromatic carbocycles. The minimum Gasteiger partial charge on any atom is -0.466 e. The van der Waals surface area contributed by atoms with Gasteiger partial charge >= 0.3 is 5.97 Å². The van der Waals surface area contributed by atoms with Crippen molar-refractivity contribution >= 4 is 5.97 Å². The smallest absolute Gasteiger partial charge is 0.311 e. The van der Waals surface area contributed by atoms with E-state index >= 15 is 0 Å². The van der Waals surface area contributed by atoms with E-state index in [2.05, 4.69) is 0 Å². The Balaban J connectivity index is 1.90. The molecular formula is C11H18O4. The largest absolute Gasteiger partial charge is 0.466 e. The van der Waals surface area contributed by atoms with E-state index in [0.717, 1.165) is 32.5 Å². The zero-order valence-corrected chi connectivity index (χ0v) is 9.16. The summed E-state index contributed by atoms with van der Waals surface area (Å²) in [7, 11) is 0. The van der Waals surface area contributed by atoms with Crippen LogP contribution in [-0.2, 0) is 19.0 Å². The molecule has 0 saturated carbocycles. The lowest BCUT2D eigenvalue weighted by molar-refractivity contribution is -0.147. The Labute approximate surface area is 89.9 Å². The Bertz CT molecular complexity index is 233. The van der Waals surface area contributed by atoms with Crippen LogP contribution in [0.2, 0.25) is 0 Å². The highest BCUT2D eigenvalue weighted by atomic mass is 16.5. The molecule has 0 aliphatic carbocycles. The van der Waals surface area contributed by atoms with Crippen molar-refractivity contribution in [3.8, 4) is 0 Å². The molecule has 0 aromatic rings. The quantitative estimate of drug-likeness (QED) is 0.646. The number of hydrogen-bond donors (Lipinski definition) is 0. The summed E-state index contributed by atoms with van der Waals surface area (Å²) >= 11 is 0. The van der Waals surface area contributed by atoms with E-state index in [9.17, 15) is 4.79 Å². The highest BCUT2D eigenvalue weighted by Gasteiger charge is 2.44. The zero-order chi connectivity index (χ0) is 10.7. The second kappa shape index (κ2) is 4.49. The second-order valence-corrected chi connectivity index (χ2v) is 4.26. The van der Waals surface area contributed by atoms with Gasteiger partial charge in [0.2, 0.25) is 0 Å². The van der Waals surface area contributed by atoms with E-state index in [1.165, 1.54) is 0 Å². The maximum Gasteiger partial charge on any atom is 0.311 e. The molecule has 86 valence electrons. The average Bonchev–Trinajstić information content (AvgIpc) is 2.64. The SMILES string of the molecule is CCOC(=O)C1COC2(CCOCC2)C1. The van der Waals surface area contributed by atoms with Gasteiger partial charge in [0, 0.05) is 13.2 Å². The topological polar surface area (TPSA) is 44.8 Å². The third-order valence-corrected chi connectivity index (χ3v) is 3.23. The van der Waals surface area contributed by atoms with Crippen molar-refractivity contribution in [2.24, 2.45) is 5.92 Å². The highest BCUT2D eigenvalue weighted by Crippen LogP contribution is 2.38. The maximum absolute atomic E-state index is 11.5. The van der Waals surface area contributed by atoms with E-state index in [4.69, 9.17) is 14.2 Å². The normalized spacial score (nSPS) is 29.3. The summed E-state index contributed by atoms with van der Waals surface area (Å²) in [5.41, 5.74) is -0.102. The van der Waals surface area contributed by atoms with Gasteiger partial charge in [0.05, 0.1) is 24.7 Å². The van der Waals surface area contributed by atoms with E-state index < -0.39 is 0 Å². The van der Waals surface area contributed by atoms with Crippen LogP contribution in [0.4, 0.5) is 0 Å². The number of carbonyl (C=O) groups is 1. The van der Waals surface area contributed by atoms with Crippen LogP contribution in [0.25, 0.3) is 0 Å². The van der Waals surface area contributed by atoms with Gasteiger partial charge in [-0.05, 0) is 26.2 Å². The second-order valence-electron chi connectivity index (χ2n) is 4.26. The maximum atomic E-state index is 11.5. The van der Waals surface area contributed by atoms with E-state index in [0.29, 0.717) is 13.2 Å². The van der Waals surface area contributed by atoms with Crippen LogP contribution in [0.1, 0.15) is 26.2 Å². The number of hydrogen-bond acceptors (Lipinski definition) is 4. The molecular weight excluding hydrogens is 196 g/mol. The van der Waals surface area contributed by atoms with Crippen LogP contribution in [0.15, 0.2) is 0 Å². The molecule has 2 heterocycles. The highest BCUT2D eigenvalue weighted by molar-refractivity contribution is 5.73. The van der Waals surface area contributed by atoms with Crippen molar-refractivity contribution in [1.29, 1.82) is 0 Å². The molecule has 4 nitrogen and oxygen atoms in total. The molecule has 2 rings (SSSR count). The van der Waals surface area contributed by atoms with Crippen molar-refractivity contribution in [3.63, 3.8) is 0 Å². The molecule has 0 aromatic heterocycles. The van der Waals surface area contributed by atoms with Gasteiger partial charge in [0.15, 0.2) is 0 Å². The van der Waals surface area contributed by atoms with Gasteiger partial charge in [-0.2, -0.15) is 0 Å². The summed E-state index contributed by atoms with van der Waals surface area (Å²) in [5, 5.41) is 0. The van der Waals surface area contributed by atoms with Crippen molar-refractivity contribution in [3.05, 3.63) is 0 Å². The minimum atomic E-state index is -0.110. The molecule has 2 fully saturated rings. The minimum absolute atomic E-state index is 0.0666. The Morgan fingerprint density at radius 2 is 2.20 bits per heavy atom. The molecule has 1 spiro atoms. The third-order valence-electron chi connectivity index (χ3n) is 3.23. The lowest BCUT2D eigenvalue weighted by atomic mass is 9.87. The fourth-order valence-electron chi connectivity index (χ4n) is 2.35. The fourth-order valence-corrected chi connectivity index (χ4v) is 2.35. The van der Waals surface area contributed by atoms with E-state index in [-0.39, 0.29) is 17.5 Å². The Morgan fingerprint density at radius 3 is 2.87 bits per heavy atom. The lowest BCUT2D eigenvalue weighted by Gasteiger charge is -2.32. The number of rotatable bonds is 2. The summed E-state index contributed by atoms with van der Waals surface area (Å²) in [4.78, 5) is 11.5. The number of esters is 1. The van der Waals surface area contributed by atoms with Gasteiger partial charge < -0.3 is 14.2 Å². The molecule has 15 heavy (non-hydrogen) atoms. The van der Waals surface area contributed by atoms with Gasteiger partial charge in [-0.15, -0.1) is 0 Å². The van der Waals surface area contributed by atoms with Crippen LogP contribution in [-0.4, -0.2) is 38.0 Å². The van der Waals surface area contributed by atoms with Crippen LogP contribution >= 0.6 is 0 Å². The molecule has 0 bridgehead atoms. The van der Waals surface area contributed by atoms with Gasteiger partial charge in [0.25, 0.3) is 0 Å². The summed E-state index contributed by atoms with van der Waals surface area (Å²) in [5.74, 6) is -0.177.